The molecule has 0 aliphatic carbocycles. The number of hydrogen-bond acceptors (Lipinski definition) is 3. The maximum absolute atomic E-state index is 12.6. The Morgan fingerprint density at radius 3 is 2.30 bits per heavy atom. The van der Waals surface area contributed by atoms with Crippen molar-refractivity contribution in [3.05, 3.63) is 58.6 Å². The third kappa shape index (κ3) is 4.56. The van der Waals surface area contributed by atoms with Crippen molar-refractivity contribution in [1.29, 1.82) is 0 Å². The second kappa shape index (κ2) is 7.62. The van der Waals surface area contributed by atoms with Gasteiger partial charge in [-0.3, -0.25) is 4.79 Å². The number of nitrogens with one attached hydrogen (secondary N) is 1. The zero-order valence-corrected chi connectivity index (χ0v) is 14.9. The van der Waals surface area contributed by atoms with Crippen LogP contribution >= 0.6 is 15.9 Å². The maximum atomic E-state index is 12.6. The average molecular weight is 377 g/mol. The van der Waals surface area contributed by atoms with Crippen LogP contribution in [0.3, 0.4) is 0 Å². The Balaban J connectivity index is 2.06. The van der Waals surface area contributed by atoms with Gasteiger partial charge < -0.3 is 15.8 Å². The minimum absolute atomic E-state index is 0.0598. The summed E-state index contributed by atoms with van der Waals surface area (Å²) in [5, 5.41) is 2.95. The Morgan fingerprint density at radius 1 is 1.13 bits per heavy atom. The lowest BCUT2D eigenvalue weighted by Crippen LogP contribution is -2.34. The standard InChI is InChI=1S/C18H21BrN2O2/c1-18(2,13-3-5-14(19)6-4-13)17(22)21-15-7-9-16(10-8-15)23-12-11-20/h3-10H,11-12,20H2,1-2H3,(H,21,22). The van der Waals surface area contributed by atoms with Crippen molar-refractivity contribution >= 4 is 27.5 Å². The summed E-state index contributed by atoms with van der Waals surface area (Å²) in [5.41, 5.74) is 6.47. The van der Waals surface area contributed by atoms with Crippen LogP contribution in [0.2, 0.25) is 0 Å². The highest BCUT2D eigenvalue weighted by Gasteiger charge is 2.29. The molecule has 0 unspecified atom stereocenters. The normalized spacial score (nSPS) is 11.1. The van der Waals surface area contributed by atoms with Gasteiger partial charge in [-0.25, -0.2) is 0 Å². The lowest BCUT2D eigenvalue weighted by atomic mass is 9.83. The number of amides is 1. The zero-order chi connectivity index (χ0) is 16.9. The largest absolute Gasteiger partial charge is 0.492 e. The molecule has 0 spiro atoms. The maximum Gasteiger partial charge on any atom is 0.234 e. The summed E-state index contributed by atoms with van der Waals surface area (Å²) in [6.07, 6.45) is 0. The molecule has 0 fully saturated rings. The van der Waals surface area contributed by atoms with Crippen molar-refractivity contribution < 1.29 is 9.53 Å². The lowest BCUT2D eigenvalue weighted by molar-refractivity contribution is -0.120. The van der Waals surface area contributed by atoms with E-state index in [1.165, 1.54) is 0 Å². The van der Waals surface area contributed by atoms with E-state index in [9.17, 15) is 4.79 Å². The molecule has 1 amide bonds. The molecule has 0 atom stereocenters. The van der Waals surface area contributed by atoms with Crippen LogP contribution in [0.15, 0.2) is 53.0 Å². The van der Waals surface area contributed by atoms with Crippen molar-refractivity contribution in [2.75, 3.05) is 18.5 Å². The molecule has 0 aliphatic rings. The molecule has 0 heterocycles. The van der Waals surface area contributed by atoms with Gasteiger partial charge in [0.05, 0.1) is 5.41 Å². The highest BCUT2D eigenvalue weighted by molar-refractivity contribution is 9.10. The van der Waals surface area contributed by atoms with Gasteiger partial charge in [-0.1, -0.05) is 28.1 Å². The summed E-state index contributed by atoms with van der Waals surface area (Å²) in [4.78, 5) is 12.6. The summed E-state index contributed by atoms with van der Waals surface area (Å²) < 4.78 is 6.41. The first-order valence-electron chi connectivity index (χ1n) is 7.44. The summed E-state index contributed by atoms with van der Waals surface area (Å²) in [5.74, 6) is 0.677. The van der Waals surface area contributed by atoms with E-state index in [1.54, 1.807) is 0 Å². The monoisotopic (exact) mass is 376 g/mol. The van der Waals surface area contributed by atoms with E-state index in [2.05, 4.69) is 21.2 Å². The van der Waals surface area contributed by atoms with Gasteiger partial charge in [0.1, 0.15) is 12.4 Å². The lowest BCUT2D eigenvalue weighted by Gasteiger charge is -2.24. The van der Waals surface area contributed by atoms with Gasteiger partial charge in [-0.15, -0.1) is 0 Å². The first-order valence-corrected chi connectivity index (χ1v) is 8.23. The van der Waals surface area contributed by atoms with Crippen molar-refractivity contribution in [3.63, 3.8) is 0 Å². The van der Waals surface area contributed by atoms with Gasteiger partial charge in [0, 0.05) is 16.7 Å². The van der Waals surface area contributed by atoms with E-state index in [1.807, 2.05) is 62.4 Å². The van der Waals surface area contributed by atoms with Gasteiger partial charge in [-0.2, -0.15) is 0 Å². The van der Waals surface area contributed by atoms with Gasteiger partial charge >= 0.3 is 0 Å². The molecule has 3 N–H and O–H groups in total. The van der Waals surface area contributed by atoms with Gasteiger partial charge in [-0.05, 0) is 55.8 Å². The third-order valence-corrected chi connectivity index (χ3v) is 4.16. The summed E-state index contributed by atoms with van der Waals surface area (Å²) >= 11 is 3.41. The molecule has 0 aromatic heterocycles. The highest BCUT2D eigenvalue weighted by atomic mass is 79.9. The summed E-state index contributed by atoms with van der Waals surface area (Å²) in [6.45, 7) is 4.76. The zero-order valence-electron chi connectivity index (χ0n) is 13.3. The number of nitrogens with two attached hydrogens (primary N) is 1. The summed E-state index contributed by atoms with van der Waals surface area (Å²) in [6, 6.07) is 15.1. The number of rotatable bonds is 6. The van der Waals surface area contributed by atoms with Gasteiger partial charge in [0.25, 0.3) is 0 Å². The molecule has 0 radical (unpaired) electrons. The third-order valence-electron chi connectivity index (χ3n) is 3.63. The van der Waals surface area contributed by atoms with Crippen LogP contribution in [0.1, 0.15) is 19.4 Å². The Bertz CT molecular complexity index is 652. The van der Waals surface area contributed by atoms with Gasteiger partial charge in [0.15, 0.2) is 0 Å². The fourth-order valence-corrected chi connectivity index (χ4v) is 2.36. The van der Waals surface area contributed by atoms with E-state index in [4.69, 9.17) is 10.5 Å². The number of benzene rings is 2. The fraction of sp³-hybridized carbons (Fsp3) is 0.278. The second-order valence-electron chi connectivity index (χ2n) is 5.75. The van der Waals surface area contributed by atoms with Crippen LogP contribution in [0, 0.1) is 0 Å². The van der Waals surface area contributed by atoms with Crippen molar-refractivity contribution in [3.8, 4) is 5.75 Å². The molecule has 0 bridgehead atoms. The number of ether oxygens (including phenoxy) is 1. The van der Waals surface area contributed by atoms with Crippen LogP contribution in [-0.2, 0) is 10.2 Å². The average Bonchev–Trinajstić information content (AvgIpc) is 2.54. The van der Waals surface area contributed by atoms with E-state index in [0.717, 1.165) is 21.5 Å². The number of carbonyl (C=O) groups is 1. The minimum Gasteiger partial charge on any atom is -0.492 e. The van der Waals surface area contributed by atoms with Crippen molar-refractivity contribution in [1.82, 2.24) is 0 Å². The van der Waals surface area contributed by atoms with E-state index in [0.29, 0.717) is 13.2 Å². The highest BCUT2D eigenvalue weighted by Crippen LogP contribution is 2.27. The Kier molecular flexibility index (Phi) is 5.80. The summed E-state index contributed by atoms with van der Waals surface area (Å²) in [7, 11) is 0. The minimum atomic E-state index is -0.630. The predicted octanol–water partition coefficient (Wildman–Crippen LogP) is 3.70. The van der Waals surface area contributed by atoms with Crippen molar-refractivity contribution in [2.24, 2.45) is 5.73 Å². The molecule has 5 heteroatoms. The molecule has 0 saturated carbocycles. The number of halogens is 1. The van der Waals surface area contributed by atoms with Crippen LogP contribution in [-0.4, -0.2) is 19.1 Å². The molecule has 23 heavy (non-hydrogen) atoms. The molecule has 2 aromatic carbocycles. The van der Waals surface area contributed by atoms with Crippen LogP contribution in [0.5, 0.6) is 5.75 Å². The Hall–Kier alpha value is -1.85. The number of hydrogen-bond donors (Lipinski definition) is 2. The number of anilines is 1. The smallest absolute Gasteiger partial charge is 0.234 e. The van der Waals surface area contributed by atoms with E-state index in [-0.39, 0.29) is 5.91 Å². The van der Waals surface area contributed by atoms with Crippen LogP contribution in [0.4, 0.5) is 5.69 Å². The van der Waals surface area contributed by atoms with Gasteiger partial charge in [0.2, 0.25) is 5.91 Å². The molecule has 2 aromatic rings. The molecule has 0 saturated heterocycles. The Morgan fingerprint density at radius 2 is 1.74 bits per heavy atom. The van der Waals surface area contributed by atoms with E-state index >= 15 is 0 Å². The SMILES string of the molecule is CC(C)(C(=O)Nc1ccc(OCCN)cc1)c1ccc(Br)cc1. The molecule has 0 aliphatic heterocycles. The molecular weight excluding hydrogens is 356 g/mol. The van der Waals surface area contributed by atoms with Crippen molar-refractivity contribution in [2.45, 2.75) is 19.3 Å². The number of carbonyl (C=O) groups excluding carboxylic acids is 1. The first-order chi connectivity index (χ1) is 10.9. The van der Waals surface area contributed by atoms with E-state index < -0.39 is 5.41 Å². The Labute approximate surface area is 145 Å². The quantitative estimate of drug-likeness (QED) is 0.807. The van der Waals surface area contributed by atoms with Crippen LogP contribution in [0.25, 0.3) is 0 Å². The predicted molar refractivity (Wildman–Crippen MR) is 96.8 cm³/mol. The topological polar surface area (TPSA) is 64.3 Å². The molecule has 4 nitrogen and oxygen atoms in total. The first kappa shape index (κ1) is 17.5. The van der Waals surface area contributed by atoms with Crippen LogP contribution < -0.4 is 15.8 Å². The molecular formula is C18H21BrN2O2. The molecule has 2 rings (SSSR count). The second-order valence-corrected chi connectivity index (χ2v) is 6.66. The molecule has 122 valence electrons. The fourth-order valence-electron chi connectivity index (χ4n) is 2.10.